The first-order chi connectivity index (χ1) is 10.8. The van der Waals surface area contributed by atoms with Gasteiger partial charge < -0.3 is 9.47 Å². The Kier molecular flexibility index (Phi) is 3.70. The van der Waals surface area contributed by atoms with Gasteiger partial charge in [0.15, 0.2) is 0 Å². The van der Waals surface area contributed by atoms with Gasteiger partial charge in [0.2, 0.25) is 5.91 Å². The van der Waals surface area contributed by atoms with E-state index in [2.05, 4.69) is 35.7 Å². The Morgan fingerprint density at radius 3 is 2.61 bits per heavy atom. The third-order valence-corrected chi connectivity index (χ3v) is 4.28. The number of aromatic nitrogens is 4. The lowest BCUT2D eigenvalue weighted by Gasteiger charge is -2.21. The van der Waals surface area contributed by atoms with Gasteiger partial charge in [0, 0.05) is 36.1 Å². The van der Waals surface area contributed by atoms with E-state index in [1.165, 1.54) is 0 Å². The van der Waals surface area contributed by atoms with Gasteiger partial charge in [-0.2, -0.15) is 0 Å². The average molecular weight is 313 g/mol. The highest BCUT2D eigenvalue weighted by molar-refractivity contribution is 5.80. The van der Waals surface area contributed by atoms with Crippen molar-refractivity contribution >= 4 is 5.91 Å². The standard InChI is InChI=1S/C17H23N5O/c1-11(22-7-6-18-12(22)2)15(23)21-9-13-8-19-16(17(3,4)5)20-14(13)10-21/h6-8,11H,9-10H2,1-5H3/t11-/m1/s1. The molecular formula is C17H23N5O. The van der Waals surface area contributed by atoms with E-state index >= 15 is 0 Å². The van der Waals surface area contributed by atoms with Crippen molar-refractivity contribution in [3.8, 4) is 0 Å². The Morgan fingerprint density at radius 1 is 1.26 bits per heavy atom. The zero-order valence-corrected chi connectivity index (χ0v) is 14.4. The Morgan fingerprint density at radius 2 is 2.00 bits per heavy atom. The topological polar surface area (TPSA) is 63.9 Å². The molecule has 0 bridgehead atoms. The quantitative estimate of drug-likeness (QED) is 0.854. The predicted molar refractivity (Wildman–Crippen MR) is 86.7 cm³/mol. The number of carbonyl (C=O) groups excluding carboxylic acids is 1. The van der Waals surface area contributed by atoms with Crippen molar-refractivity contribution in [3.05, 3.63) is 41.5 Å². The lowest BCUT2D eigenvalue weighted by molar-refractivity contribution is -0.135. The normalized spacial score (nSPS) is 15.6. The number of rotatable bonds is 2. The fourth-order valence-corrected chi connectivity index (χ4v) is 2.85. The monoisotopic (exact) mass is 313 g/mol. The zero-order chi connectivity index (χ0) is 16.8. The molecule has 1 aliphatic heterocycles. The van der Waals surface area contributed by atoms with Crippen LogP contribution in [-0.2, 0) is 23.3 Å². The highest BCUT2D eigenvalue weighted by Crippen LogP contribution is 2.26. The van der Waals surface area contributed by atoms with E-state index in [0.717, 1.165) is 22.9 Å². The average Bonchev–Trinajstić information content (AvgIpc) is 3.09. The van der Waals surface area contributed by atoms with Crippen LogP contribution >= 0.6 is 0 Å². The maximum absolute atomic E-state index is 12.8. The van der Waals surface area contributed by atoms with Crippen LogP contribution in [-0.4, -0.2) is 30.3 Å². The van der Waals surface area contributed by atoms with Crippen molar-refractivity contribution in [1.29, 1.82) is 0 Å². The van der Waals surface area contributed by atoms with Crippen LogP contribution in [0.5, 0.6) is 0 Å². The second-order valence-electron chi connectivity index (χ2n) is 7.17. The van der Waals surface area contributed by atoms with Gasteiger partial charge in [0.05, 0.1) is 12.2 Å². The molecule has 0 fully saturated rings. The molecule has 0 spiro atoms. The molecule has 2 aromatic heterocycles. The smallest absolute Gasteiger partial charge is 0.246 e. The van der Waals surface area contributed by atoms with Gasteiger partial charge in [-0.3, -0.25) is 4.79 Å². The number of amides is 1. The van der Waals surface area contributed by atoms with Gasteiger partial charge in [-0.15, -0.1) is 0 Å². The molecule has 0 radical (unpaired) electrons. The van der Waals surface area contributed by atoms with Crippen molar-refractivity contribution in [2.75, 3.05) is 0 Å². The summed E-state index contributed by atoms with van der Waals surface area (Å²) in [4.78, 5) is 27.9. The maximum atomic E-state index is 12.8. The van der Waals surface area contributed by atoms with Gasteiger partial charge >= 0.3 is 0 Å². The van der Waals surface area contributed by atoms with Crippen molar-refractivity contribution in [2.24, 2.45) is 0 Å². The Hall–Kier alpha value is -2.24. The summed E-state index contributed by atoms with van der Waals surface area (Å²) >= 11 is 0. The molecule has 3 heterocycles. The van der Waals surface area contributed by atoms with Crippen LogP contribution in [0.3, 0.4) is 0 Å². The lowest BCUT2D eigenvalue weighted by atomic mass is 9.95. The fraction of sp³-hybridized carbons (Fsp3) is 0.529. The van der Waals surface area contributed by atoms with Crippen LogP contribution in [0.15, 0.2) is 18.6 Å². The second kappa shape index (κ2) is 5.44. The molecule has 122 valence electrons. The summed E-state index contributed by atoms with van der Waals surface area (Å²) in [5, 5.41) is 0. The minimum absolute atomic E-state index is 0.0846. The first-order valence-corrected chi connectivity index (χ1v) is 7.91. The van der Waals surface area contributed by atoms with E-state index in [1.807, 2.05) is 35.7 Å². The first kappa shape index (κ1) is 15.6. The van der Waals surface area contributed by atoms with Gasteiger partial charge in [-0.05, 0) is 13.8 Å². The molecule has 0 saturated carbocycles. The van der Waals surface area contributed by atoms with Crippen LogP contribution < -0.4 is 0 Å². The van der Waals surface area contributed by atoms with Crippen LogP contribution in [0, 0.1) is 6.92 Å². The molecule has 1 amide bonds. The van der Waals surface area contributed by atoms with E-state index < -0.39 is 0 Å². The van der Waals surface area contributed by atoms with Gasteiger partial charge in [-0.1, -0.05) is 20.8 Å². The van der Waals surface area contributed by atoms with Gasteiger partial charge in [0.25, 0.3) is 0 Å². The lowest BCUT2D eigenvalue weighted by Crippen LogP contribution is -2.32. The van der Waals surface area contributed by atoms with Crippen molar-refractivity contribution < 1.29 is 4.79 Å². The van der Waals surface area contributed by atoms with E-state index in [4.69, 9.17) is 0 Å². The minimum atomic E-state index is -0.262. The number of aryl methyl sites for hydroxylation is 1. The largest absolute Gasteiger partial charge is 0.331 e. The molecule has 23 heavy (non-hydrogen) atoms. The van der Waals surface area contributed by atoms with Crippen molar-refractivity contribution in [2.45, 2.75) is 59.2 Å². The van der Waals surface area contributed by atoms with Crippen LogP contribution in [0.4, 0.5) is 0 Å². The summed E-state index contributed by atoms with van der Waals surface area (Å²) in [6.07, 6.45) is 5.43. The first-order valence-electron chi connectivity index (χ1n) is 7.91. The van der Waals surface area contributed by atoms with Crippen LogP contribution in [0.2, 0.25) is 0 Å². The third-order valence-electron chi connectivity index (χ3n) is 4.28. The summed E-state index contributed by atoms with van der Waals surface area (Å²) in [6, 6.07) is -0.262. The summed E-state index contributed by atoms with van der Waals surface area (Å²) in [5.74, 6) is 1.75. The second-order valence-corrected chi connectivity index (χ2v) is 7.17. The molecule has 0 unspecified atom stereocenters. The minimum Gasteiger partial charge on any atom is -0.331 e. The molecule has 0 aromatic carbocycles. The Labute approximate surface area is 136 Å². The molecule has 0 aliphatic carbocycles. The molecular weight excluding hydrogens is 290 g/mol. The summed E-state index contributed by atoms with van der Waals surface area (Å²) in [6.45, 7) is 11.2. The molecule has 2 aromatic rings. The maximum Gasteiger partial charge on any atom is 0.246 e. The van der Waals surface area contributed by atoms with E-state index in [0.29, 0.717) is 13.1 Å². The fourth-order valence-electron chi connectivity index (χ4n) is 2.85. The Balaban J connectivity index is 1.79. The molecule has 1 atom stereocenters. The number of nitrogens with zero attached hydrogens (tertiary/aromatic N) is 5. The highest BCUT2D eigenvalue weighted by atomic mass is 16.2. The molecule has 3 rings (SSSR count). The van der Waals surface area contributed by atoms with Crippen molar-refractivity contribution in [1.82, 2.24) is 24.4 Å². The summed E-state index contributed by atoms with van der Waals surface area (Å²) < 4.78 is 1.90. The van der Waals surface area contributed by atoms with Gasteiger partial charge in [-0.25, -0.2) is 15.0 Å². The number of fused-ring (bicyclic) bond motifs is 1. The molecule has 1 aliphatic rings. The molecule has 6 nitrogen and oxygen atoms in total. The number of imidazole rings is 1. The Bertz CT molecular complexity index is 744. The van der Waals surface area contributed by atoms with Crippen LogP contribution in [0.25, 0.3) is 0 Å². The number of hydrogen-bond donors (Lipinski definition) is 0. The van der Waals surface area contributed by atoms with E-state index in [1.54, 1.807) is 6.20 Å². The van der Waals surface area contributed by atoms with Gasteiger partial charge in [0.1, 0.15) is 17.7 Å². The van der Waals surface area contributed by atoms with E-state index in [-0.39, 0.29) is 17.4 Å². The molecule has 0 saturated heterocycles. The predicted octanol–water partition coefficient (Wildman–Crippen LogP) is 2.38. The summed E-state index contributed by atoms with van der Waals surface area (Å²) in [7, 11) is 0. The number of hydrogen-bond acceptors (Lipinski definition) is 4. The van der Waals surface area contributed by atoms with E-state index in [9.17, 15) is 4.79 Å². The molecule has 6 heteroatoms. The van der Waals surface area contributed by atoms with Crippen LogP contribution in [0.1, 0.15) is 56.6 Å². The molecule has 0 N–H and O–H groups in total. The third kappa shape index (κ3) is 2.85. The number of carbonyl (C=O) groups is 1. The SMILES string of the molecule is Cc1nccn1[C@H](C)C(=O)N1Cc2cnc(C(C)(C)C)nc2C1. The van der Waals surface area contributed by atoms with Crippen molar-refractivity contribution in [3.63, 3.8) is 0 Å². The highest BCUT2D eigenvalue weighted by Gasteiger charge is 2.30. The zero-order valence-electron chi connectivity index (χ0n) is 14.4. The summed E-state index contributed by atoms with van der Waals surface area (Å²) in [5.41, 5.74) is 1.92.